The quantitative estimate of drug-likeness (QED) is 0.168. The number of rotatable bonds is 6. The van der Waals surface area contributed by atoms with Crippen molar-refractivity contribution in [1.82, 2.24) is 0 Å². The molecule has 0 radical (unpaired) electrons. The monoisotopic (exact) mass is 747 g/mol. The number of nitrogens with zero attached hydrogens (tertiary/aromatic N) is 1. The van der Waals surface area contributed by atoms with Crippen molar-refractivity contribution in [2.24, 2.45) is 0 Å². The van der Waals surface area contributed by atoms with Crippen LogP contribution in [-0.4, -0.2) is 0 Å². The van der Waals surface area contributed by atoms with Gasteiger partial charge in [0.15, 0.2) is 0 Å². The third-order valence-electron chi connectivity index (χ3n) is 12.1. The van der Waals surface area contributed by atoms with E-state index in [1.807, 2.05) is 30.3 Å². The Labute approximate surface area is 337 Å². The minimum absolute atomic E-state index is 0.148. The zero-order valence-corrected chi connectivity index (χ0v) is 32.2. The Morgan fingerprint density at radius 3 is 1.78 bits per heavy atom. The third kappa shape index (κ3) is 5.38. The van der Waals surface area contributed by atoms with Crippen molar-refractivity contribution in [2.75, 3.05) is 4.90 Å². The molecule has 1 aliphatic carbocycles. The fourth-order valence-corrected chi connectivity index (χ4v) is 9.35. The number of halogens is 1. The van der Waals surface area contributed by atoms with Crippen molar-refractivity contribution < 1.29 is 8.81 Å². The first-order valence-corrected chi connectivity index (χ1v) is 19.9. The lowest BCUT2D eigenvalue weighted by Crippen LogP contribution is -2.16. The van der Waals surface area contributed by atoms with E-state index in [-0.39, 0.29) is 11.2 Å². The van der Waals surface area contributed by atoms with Gasteiger partial charge in [0, 0.05) is 33.2 Å². The Balaban J connectivity index is 1.08. The predicted octanol–water partition coefficient (Wildman–Crippen LogP) is 15.7. The van der Waals surface area contributed by atoms with E-state index in [2.05, 4.69) is 170 Å². The van der Waals surface area contributed by atoms with Crippen LogP contribution in [0.15, 0.2) is 199 Å². The summed E-state index contributed by atoms with van der Waals surface area (Å²) >= 11 is 0. The molecule has 0 bridgehead atoms. The van der Waals surface area contributed by atoms with Crippen molar-refractivity contribution in [2.45, 2.75) is 19.3 Å². The number of para-hydroxylation sites is 1. The van der Waals surface area contributed by atoms with Gasteiger partial charge in [-0.2, -0.15) is 0 Å². The van der Waals surface area contributed by atoms with E-state index in [4.69, 9.17) is 4.42 Å². The van der Waals surface area contributed by atoms with E-state index < -0.39 is 0 Å². The number of anilines is 3. The fourth-order valence-electron chi connectivity index (χ4n) is 9.35. The van der Waals surface area contributed by atoms with Gasteiger partial charge in [-0.1, -0.05) is 147 Å². The smallest absolute Gasteiger partial charge is 0.136 e. The van der Waals surface area contributed by atoms with Gasteiger partial charge < -0.3 is 9.32 Å². The van der Waals surface area contributed by atoms with Crippen LogP contribution in [-0.2, 0) is 5.41 Å². The highest BCUT2D eigenvalue weighted by Gasteiger charge is 2.35. The third-order valence-corrected chi connectivity index (χ3v) is 12.1. The van der Waals surface area contributed by atoms with Crippen molar-refractivity contribution >= 4 is 49.8 Å². The molecule has 3 heteroatoms. The van der Waals surface area contributed by atoms with Crippen LogP contribution in [0.4, 0.5) is 21.5 Å². The maximum atomic E-state index is 14.1. The minimum atomic E-state index is -0.240. The topological polar surface area (TPSA) is 16.4 Å². The minimum Gasteiger partial charge on any atom is -0.456 e. The molecule has 58 heavy (non-hydrogen) atoms. The molecule has 0 aliphatic heterocycles. The zero-order chi connectivity index (χ0) is 39.0. The molecular weight excluding hydrogens is 710 g/mol. The normalized spacial score (nSPS) is 12.9. The molecule has 11 rings (SSSR count). The highest BCUT2D eigenvalue weighted by molar-refractivity contribution is 6.12. The number of hydrogen-bond acceptors (Lipinski definition) is 2. The second kappa shape index (κ2) is 13.2. The van der Waals surface area contributed by atoms with Gasteiger partial charge in [-0.05, 0) is 127 Å². The molecule has 276 valence electrons. The molecule has 0 saturated heterocycles. The van der Waals surface area contributed by atoms with Gasteiger partial charge in [0.2, 0.25) is 0 Å². The molecule has 0 N–H and O–H groups in total. The average Bonchev–Trinajstić information content (AvgIpc) is 3.76. The molecule has 1 aromatic heterocycles. The SMILES string of the molecule is CC1(C)c2ccccc2-c2ccc(N(c3ccc(-c4cccc5oc6ccccc6c45)cc3)c3cccc(-c4cccc5cccc(-c6ccc(F)cc6)c45)c3)cc21. The van der Waals surface area contributed by atoms with Gasteiger partial charge in [0.05, 0.1) is 0 Å². The van der Waals surface area contributed by atoms with E-state index in [0.717, 1.165) is 83.2 Å². The summed E-state index contributed by atoms with van der Waals surface area (Å²) in [6, 6.07) is 67.8. The summed E-state index contributed by atoms with van der Waals surface area (Å²) in [7, 11) is 0. The lowest BCUT2D eigenvalue weighted by atomic mass is 9.82. The molecule has 0 unspecified atom stereocenters. The van der Waals surface area contributed by atoms with Gasteiger partial charge in [0.25, 0.3) is 0 Å². The second-order valence-corrected chi connectivity index (χ2v) is 15.8. The lowest BCUT2D eigenvalue weighted by Gasteiger charge is -2.28. The molecule has 0 spiro atoms. The predicted molar refractivity (Wildman–Crippen MR) is 240 cm³/mol. The summed E-state index contributed by atoms with van der Waals surface area (Å²) in [6.45, 7) is 4.67. The Morgan fingerprint density at radius 2 is 0.983 bits per heavy atom. The molecule has 0 atom stereocenters. The van der Waals surface area contributed by atoms with Crippen LogP contribution in [0.2, 0.25) is 0 Å². The number of benzene rings is 9. The number of furan rings is 1. The summed E-state index contributed by atoms with van der Waals surface area (Å²) in [5, 5.41) is 4.53. The highest BCUT2D eigenvalue weighted by Crippen LogP contribution is 2.51. The van der Waals surface area contributed by atoms with Crippen molar-refractivity contribution in [1.29, 1.82) is 0 Å². The maximum absolute atomic E-state index is 14.1. The summed E-state index contributed by atoms with van der Waals surface area (Å²) < 4.78 is 20.3. The molecule has 10 aromatic rings. The highest BCUT2D eigenvalue weighted by atomic mass is 19.1. The van der Waals surface area contributed by atoms with Crippen LogP contribution in [0.5, 0.6) is 0 Å². The first kappa shape index (κ1) is 34.1. The largest absolute Gasteiger partial charge is 0.456 e. The van der Waals surface area contributed by atoms with Gasteiger partial charge >= 0.3 is 0 Å². The van der Waals surface area contributed by atoms with Gasteiger partial charge in [-0.3, -0.25) is 0 Å². The van der Waals surface area contributed by atoms with Crippen molar-refractivity contribution in [3.63, 3.8) is 0 Å². The van der Waals surface area contributed by atoms with Crippen molar-refractivity contribution in [3.8, 4) is 44.5 Å². The summed E-state index contributed by atoms with van der Waals surface area (Å²) in [5.41, 5.74) is 16.7. The molecule has 9 aromatic carbocycles. The second-order valence-electron chi connectivity index (χ2n) is 15.8. The first-order valence-electron chi connectivity index (χ1n) is 19.9. The van der Waals surface area contributed by atoms with Crippen LogP contribution in [0, 0.1) is 5.82 Å². The standard InChI is InChI=1S/C55H38FNO/c1-55(2)49-20-5-3-15-46(49)47-32-31-42(34-50(47)55)57(40-29-25-36(26-30-40)44-19-10-22-52-54(44)48-16-4-6-21-51(48)58-52)41-14-7-13-38(33-41)45-18-9-12-37-11-8-17-43(53(37)45)35-23-27-39(56)28-24-35/h3-34H,1-2H3. The van der Waals surface area contributed by atoms with Gasteiger partial charge in [0.1, 0.15) is 17.0 Å². The molecule has 1 heterocycles. The Bertz CT molecular complexity index is 3200. The molecule has 2 nitrogen and oxygen atoms in total. The lowest BCUT2D eigenvalue weighted by molar-refractivity contribution is 0.628. The Kier molecular flexibility index (Phi) is 7.74. The molecule has 1 aliphatic rings. The fraction of sp³-hybridized carbons (Fsp3) is 0.0545. The van der Waals surface area contributed by atoms with Crippen molar-refractivity contribution in [3.05, 3.63) is 211 Å². The summed E-state index contributed by atoms with van der Waals surface area (Å²) in [5.74, 6) is -0.240. The van der Waals surface area contributed by atoms with Crippen LogP contribution in [0.3, 0.4) is 0 Å². The summed E-state index contributed by atoms with van der Waals surface area (Å²) in [6.07, 6.45) is 0. The van der Waals surface area contributed by atoms with Gasteiger partial charge in [-0.15, -0.1) is 0 Å². The maximum Gasteiger partial charge on any atom is 0.136 e. The Hall–Kier alpha value is -7.23. The van der Waals surface area contributed by atoms with Crippen LogP contribution < -0.4 is 4.90 Å². The number of fused-ring (bicyclic) bond motifs is 7. The molecule has 0 fully saturated rings. The molecule has 0 saturated carbocycles. The van der Waals surface area contributed by atoms with E-state index in [9.17, 15) is 4.39 Å². The van der Waals surface area contributed by atoms with E-state index >= 15 is 0 Å². The molecule has 0 amide bonds. The van der Waals surface area contributed by atoms with Crippen LogP contribution in [0.25, 0.3) is 77.2 Å². The van der Waals surface area contributed by atoms with E-state index in [1.54, 1.807) is 0 Å². The number of hydrogen-bond donors (Lipinski definition) is 0. The average molecular weight is 748 g/mol. The van der Waals surface area contributed by atoms with Gasteiger partial charge in [-0.25, -0.2) is 4.39 Å². The molecular formula is C55H38FNO. The van der Waals surface area contributed by atoms with E-state index in [0.29, 0.717) is 0 Å². The van der Waals surface area contributed by atoms with Crippen LogP contribution >= 0.6 is 0 Å². The van der Waals surface area contributed by atoms with E-state index in [1.165, 1.54) is 34.4 Å². The first-order chi connectivity index (χ1) is 28.4. The Morgan fingerprint density at radius 1 is 0.414 bits per heavy atom. The zero-order valence-electron chi connectivity index (χ0n) is 32.2. The van der Waals surface area contributed by atoms with Crippen LogP contribution in [0.1, 0.15) is 25.0 Å². The summed E-state index contributed by atoms with van der Waals surface area (Å²) in [4.78, 5) is 2.38.